The summed E-state index contributed by atoms with van der Waals surface area (Å²) >= 11 is 7.10. The first-order valence-electron chi connectivity index (χ1n) is 6.19. The third-order valence-corrected chi connectivity index (χ3v) is 4.01. The van der Waals surface area contributed by atoms with Crippen LogP contribution in [0.4, 0.5) is 0 Å². The molecule has 20 heavy (non-hydrogen) atoms. The number of aliphatic hydroxyl groups is 1. The molecule has 2 aromatic rings. The van der Waals surface area contributed by atoms with Crippen molar-refractivity contribution in [3.63, 3.8) is 0 Å². The number of hydrogen-bond acceptors (Lipinski definition) is 5. The molecule has 1 amide bonds. The first-order chi connectivity index (χ1) is 9.65. The van der Waals surface area contributed by atoms with Gasteiger partial charge in [0.25, 0.3) is 0 Å². The van der Waals surface area contributed by atoms with Crippen LogP contribution in [0.5, 0.6) is 0 Å². The Balaban J connectivity index is 1.64. The Morgan fingerprint density at radius 2 is 2.40 bits per heavy atom. The molecule has 1 unspecified atom stereocenters. The van der Waals surface area contributed by atoms with Gasteiger partial charge in [0.05, 0.1) is 10.5 Å². The molecule has 2 rings (SSSR count). The molecule has 2 heterocycles. The molecule has 108 valence electrons. The van der Waals surface area contributed by atoms with Crippen LogP contribution in [0.3, 0.4) is 0 Å². The molecule has 0 spiro atoms. The number of aryl methyl sites for hydroxylation is 1. The Kier molecular flexibility index (Phi) is 5.51. The molecule has 0 saturated heterocycles. The highest BCUT2D eigenvalue weighted by Crippen LogP contribution is 2.26. The fourth-order valence-corrected chi connectivity index (χ4v) is 2.71. The number of aliphatic hydroxyl groups excluding tert-OH is 1. The van der Waals surface area contributed by atoms with Crippen molar-refractivity contribution in [1.82, 2.24) is 20.3 Å². The minimum atomic E-state index is -0.716. The van der Waals surface area contributed by atoms with Gasteiger partial charge in [0.1, 0.15) is 6.10 Å². The molecule has 0 fully saturated rings. The van der Waals surface area contributed by atoms with Crippen LogP contribution in [0, 0.1) is 0 Å². The van der Waals surface area contributed by atoms with Crippen LogP contribution in [-0.4, -0.2) is 32.6 Å². The number of aromatic nitrogens is 3. The van der Waals surface area contributed by atoms with Gasteiger partial charge in [-0.2, -0.15) is 0 Å². The maximum absolute atomic E-state index is 11.6. The Bertz CT molecular complexity index is 543. The highest BCUT2D eigenvalue weighted by atomic mass is 35.5. The number of halogens is 1. The van der Waals surface area contributed by atoms with Crippen LogP contribution in [0.2, 0.25) is 4.34 Å². The van der Waals surface area contributed by atoms with E-state index in [4.69, 9.17) is 11.6 Å². The molecular formula is C12H15ClN4O2S. The zero-order valence-corrected chi connectivity index (χ0v) is 12.3. The fraction of sp³-hybridized carbons (Fsp3) is 0.417. The first kappa shape index (κ1) is 15.0. The lowest BCUT2D eigenvalue weighted by atomic mass is 10.2. The number of nitrogens with one attached hydrogen (secondary N) is 1. The van der Waals surface area contributed by atoms with Crippen molar-refractivity contribution in [3.05, 3.63) is 33.7 Å². The number of nitrogens with zero attached hydrogens (tertiary/aromatic N) is 3. The van der Waals surface area contributed by atoms with Gasteiger partial charge in [0.2, 0.25) is 5.91 Å². The van der Waals surface area contributed by atoms with Crippen LogP contribution in [0.25, 0.3) is 0 Å². The summed E-state index contributed by atoms with van der Waals surface area (Å²) in [7, 11) is 0. The van der Waals surface area contributed by atoms with E-state index in [1.54, 1.807) is 29.2 Å². The number of hydrogen-bond donors (Lipinski definition) is 2. The van der Waals surface area contributed by atoms with Crippen molar-refractivity contribution in [2.45, 2.75) is 25.5 Å². The second kappa shape index (κ2) is 7.37. The van der Waals surface area contributed by atoms with E-state index < -0.39 is 6.10 Å². The van der Waals surface area contributed by atoms with E-state index >= 15 is 0 Å². The van der Waals surface area contributed by atoms with Gasteiger partial charge in [-0.05, 0) is 18.6 Å². The SMILES string of the molecule is O=C(CCCn1ccnn1)NCC(O)c1ccc(Cl)s1. The number of carbonyl (C=O) groups excluding carboxylic acids is 1. The Hall–Kier alpha value is -1.44. The molecule has 0 aliphatic rings. The third-order valence-electron chi connectivity index (χ3n) is 2.68. The first-order valence-corrected chi connectivity index (χ1v) is 7.38. The Labute approximate surface area is 125 Å². The molecule has 0 bridgehead atoms. The second-order valence-electron chi connectivity index (χ2n) is 4.23. The molecule has 0 aliphatic heterocycles. The van der Waals surface area contributed by atoms with Crippen molar-refractivity contribution >= 4 is 28.8 Å². The van der Waals surface area contributed by atoms with Gasteiger partial charge in [-0.25, -0.2) is 0 Å². The van der Waals surface area contributed by atoms with Gasteiger partial charge in [0.15, 0.2) is 0 Å². The van der Waals surface area contributed by atoms with Gasteiger partial charge in [-0.15, -0.1) is 16.4 Å². The van der Waals surface area contributed by atoms with E-state index in [2.05, 4.69) is 15.6 Å². The number of amides is 1. The van der Waals surface area contributed by atoms with Gasteiger partial charge >= 0.3 is 0 Å². The lowest BCUT2D eigenvalue weighted by molar-refractivity contribution is -0.121. The molecule has 0 saturated carbocycles. The molecule has 2 aromatic heterocycles. The van der Waals surface area contributed by atoms with Crippen molar-refractivity contribution in [1.29, 1.82) is 0 Å². The lowest BCUT2D eigenvalue weighted by Crippen LogP contribution is -2.28. The number of carbonyl (C=O) groups is 1. The van der Waals surface area contributed by atoms with E-state index in [0.29, 0.717) is 23.7 Å². The highest BCUT2D eigenvalue weighted by molar-refractivity contribution is 7.16. The predicted octanol–water partition coefficient (Wildman–Crippen LogP) is 1.62. The van der Waals surface area contributed by atoms with Gasteiger partial charge in [0, 0.05) is 30.6 Å². The quantitative estimate of drug-likeness (QED) is 0.814. The highest BCUT2D eigenvalue weighted by Gasteiger charge is 2.11. The van der Waals surface area contributed by atoms with Gasteiger partial charge in [-0.1, -0.05) is 16.8 Å². The van der Waals surface area contributed by atoms with E-state index in [-0.39, 0.29) is 12.5 Å². The molecule has 6 nitrogen and oxygen atoms in total. The zero-order chi connectivity index (χ0) is 14.4. The molecule has 0 radical (unpaired) electrons. The van der Waals surface area contributed by atoms with Crippen LogP contribution >= 0.6 is 22.9 Å². The summed E-state index contributed by atoms with van der Waals surface area (Å²) < 4.78 is 2.30. The summed E-state index contributed by atoms with van der Waals surface area (Å²) in [6.07, 6.45) is 3.70. The average Bonchev–Trinajstić information content (AvgIpc) is 3.07. The summed E-state index contributed by atoms with van der Waals surface area (Å²) in [6.45, 7) is 0.843. The molecule has 0 aliphatic carbocycles. The number of rotatable bonds is 7. The molecule has 8 heteroatoms. The predicted molar refractivity (Wildman–Crippen MR) is 76.6 cm³/mol. The van der Waals surface area contributed by atoms with Crippen molar-refractivity contribution < 1.29 is 9.90 Å². The molecule has 0 aromatic carbocycles. The Morgan fingerprint density at radius 1 is 1.55 bits per heavy atom. The third kappa shape index (κ3) is 4.59. The van der Waals surface area contributed by atoms with E-state index in [9.17, 15) is 9.90 Å². The van der Waals surface area contributed by atoms with Crippen LogP contribution < -0.4 is 5.32 Å². The van der Waals surface area contributed by atoms with E-state index in [0.717, 1.165) is 4.88 Å². The monoisotopic (exact) mass is 314 g/mol. The van der Waals surface area contributed by atoms with Crippen molar-refractivity contribution in [2.75, 3.05) is 6.54 Å². The van der Waals surface area contributed by atoms with E-state index in [1.165, 1.54) is 11.3 Å². The van der Waals surface area contributed by atoms with Crippen LogP contribution in [-0.2, 0) is 11.3 Å². The molecule has 2 N–H and O–H groups in total. The van der Waals surface area contributed by atoms with Gasteiger partial charge < -0.3 is 10.4 Å². The fourth-order valence-electron chi connectivity index (χ4n) is 1.66. The molecular weight excluding hydrogens is 300 g/mol. The minimum absolute atomic E-state index is 0.0909. The summed E-state index contributed by atoms with van der Waals surface area (Å²) in [4.78, 5) is 12.4. The van der Waals surface area contributed by atoms with Crippen molar-refractivity contribution in [3.8, 4) is 0 Å². The smallest absolute Gasteiger partial charge is 0.220 e. The summed E-state index contributed by atoms with van der Waals surface area (Å²) in [5.74, 6) is -0.0909. The maximum atomic E-state index is 11.6. The minimum Gasteiger partial charge on any atom is -0.386 e. The Morgan fingerprint density at radius 3 is 3.05 bits per heavy atom. The van der Waals surface area contributed by atoms with Crippen LogP contribution in [0.15, 0.2) is 24.5 Å². The summed E-state index contributed by atoms with van der Waals surface area (Å²) in [5, 5.41) is 20.1. The van der Waals surface area contributed by atoms with Crippen molar-refractivity contribution in [2.24, 2.45) is 0 Å². The maximum Gasteiger partial charge on any atom is 0.220 e. The summed E-state index contributed by atoms with van der Waals surface area (Å²) in [5.41, 5.74) is 0. The zero-order valence-electron chi connectivity index (χ0n) is 10.7. The van der Waals surface area contributed by atoms with Crippen LogP contribution in [0.1, 0.15) is 23.8 Å². The molecule has 1 atom stereocenters. The second-order valence-corrected chi connectivity index (χ2v) is 5.98. The largest absolute Gasteiger partial charge is 0.386 e. The standard InChI is InChI=1S/C12H15ClN4O2S/c13-11-4-3-10(20-11)9(18)8-14-12(19)2-1-6-17-7-5-15-16-17/h3-5,7,9,18H,1-2,6,8H2,(H,14,19). The average molecular weight is 315 g/mol. The van der Waals surface area contributed by atoms with Gasteiger partial charge in [-0.3, -0.25) is 9.48 Å². The normalized spacial score (nSPS) is 12.3. The lowest BCUT2D eigenvalue weighted by Gasteiger charge is -2.10. The number of thiophene rings is 1. The summed E-state index contributed by atoms with van der Waals surface area (Å²) in [6, 6.07) is 3.49. The van der Waals surface area contributed by atoms with E-state index in [1.807, 2.05) is 0 Å². The topological polar surface area (TPSA) is 80.0 Å².